The highest BCUT2D eigenvalue weighted by molar-refractivity contribution is 6.06. The zero-order valence-corrected chi connectivity index (χ0v) is 13.6. The Labute approximate surface area is 145 Å². The molecule has 3 rings (SSSR count). The first kappa shape index (κ1) is 17.3. The average molecular weight is 364 g/mol. The van der Waals surface area contributed by atoms with E-state index in [0.29, 0.717) is 0 Å². The van der Waals surface area contributed by atoms with E-state index in [9.17, 15) is 19.7 Å². The van der Waals surface area contributed by atoms with Crippen LogP contribution in [0.15, 0.2) is 28.0 Å². The second kappa shape index (κ2) is 6.76. The first-order valence-corrected chi connectivity index (χ1v) is 7.14. The summed E-state index contributed by atoms with van der Waals surface area (Å²) in [5.74, 6) is -1.72. The molecule has 1 aromatic heterocycles. The molecule has 0 bridgehead atoms. The van der Waals surface area contributed by atoms with E-state index in [1.54, 1.807) is 0 Å². The molecule has 2 heterocycles. The summed E-state index contributed by atoms with van der Waals surface area (Å²) in [7, 11) is 2.25. The van der Waals surface area contributed by atoms with Gasteiger partial charge in [0.1, 0.15) is 17.9 Å². The number of aromatic nitrogens is 2. The van der Waals surface area contributed by atoms with Crippen molar-refractivity contribution in [3.63, 3.8) is 0 Å². The number of nitrogens with zero attached hydrogens (tertiary/aromatic N) is 4. The summed E-state index contributed by atoms with van der Waals surface area (Å²) in [5, 5.41) is 18.8. The predicted molar refractivity (Wildman–Crippen MR) is 82.8 cm³/mol. The Bertz CT molecular complexity index is 934. The molecule has 0 atom stereocenters. The minimum absolute atomic E-state index is 0.0234. The molecular formula is C14H12N4O8. The lowest BCUT2D eigenvalue weighted by atomic mass is 10.1. The van der Waals surface area contributed by atoms with Crippen molar-refractivity contribution in [1.82, 2.24) is 10.3 Å². The molecule has 12 heteroatoms. The summed E-state index contributed by atoms with van der Waals surface area (Å²) >= 11 is 0. The number of methoxy groups -OCH3 is 2. The van der Waals surface area contributed by atoms with Crippen molar-refractivity contribution in [2.45, 2.75) is 0 Å². The van der Waals surface area contributed by atoms with Crippen molar-refractivity contribution in [3.05, 3.63) is 33.5 Å². The number of benzene rings is 1. The minimum Gasteiger partial charge on any atom is -0.466 e. The SMILES string of the molecule is COC(=O)C1=C(C(=O)OC)N(c2c([N+](=O)[O-])ccc3nonc23)COC1. The summed E-state index contributed by atoms with van der Waals surface area (Å²) in [6, 6.07) is 2.53. The van der Waals surface area contributed by atoms with Gasteiger partial charge < -0.3 is 19.1 Å². The fourth-order valence-electron chi connectivity index (χ4n) is 2.56. The summed E-state index contributed by atoms with van der Waals surface area (Å²) in [6.45, 7) is -0.494. The number of carbonyl (C=O) groups excluding carboxylic acids is 2. The van der Waals surface area contributed by atoms with Crippen molar-refractivity contribution >= 4 is 34.3 Å². The van der Waals surface area contributed by atoms with E-state index in [1.165, 1.54) is 12.1 Å². The molecule has 0 radical (unpaired) electrons. The topological polar surface area (TPSA) is 147 Å². The molecule has 1 aliphatic rings. The molecule has 26 heavy (non-hydrogen) atoms. The van der Waals surface area contributed by atoms with Gasteiger partial charge in [0.05, 0.1) is 31.3 Å². The number of hydrogen-bond donors (Lipinski definition) is 0. The first-order chi connectivity index (χ1) is 12.5. The smallest absolute Gasteiger partial charge is 0.355 e. The van der Waals surface area contributed by atoms with Crippen LogP contribution < -0.4 is 4.90 Å². The molecule has 0 N–H and O–H groups in total. The highest BCUT2D eigenvalue weighted by atomic mass is 16.6. The zero-order valence-electron chi connectivity index (χ0n) is 13.6. The summed E-state index contributed by atoms with van der Waals surface area (Å²) in [6.07, 6.45) is 0. The van der Waals surface area contributed by atoms with Crippen molar-refractivity contribution in [3.8, 4) is 0 Å². The molecule has 2 aromatic rings. The molecule has 0 saturated heterocycles. The lowest BCUT2D eigenvalue weighted by Crippen LogP contribution is -2.39. The quantitative estimate of drug-likeness (QED) is 0.425. The van der Waals surface area contributed by atoms with Crippen molar-refractivity contribution < 1.29 is 33.4 Å². The van der Waals surface area contributed by atoms with Crippen LogP contribution in [0.1, 0.15) is 0 Å². The van der Waals surface area contributed by atoms with Gasteiger partial charge in [0.25, 0.3) is 5.69 Å². The number of rotatable bonds is 4. The number of nitro benzene ring substituents is 1. The molecule has 0 unspecified atom stereocenters. The Kier molecular flexibility index (Phi) is 4.49. The maximum Gasteiger partial charge on any atom is 0.355 e. The van der Waals surface area contributed by atoms with Crippen LogP contribution >= 0.6 is 0 Å². The third kappa shape index (κ3) is 2.71. The van der Waals surface area contributed by atoms with Gasteiger partial charge >= 0.3 is 11.9 Å². The van der Waals surface area contributed by atoms with Gasteiger partial charge in [-0.15, -0.1) is 0 Å². The van der Waals surface area contributed by atoms with E-state index >= 15 is 0 Å². The monoisotopic (exact) mass is 364 g/mol. The van der Waals surface area contributed by atoms with Crippen molar-refractivity contribution in [2.75, 3.05) is 32.5 Å². The molecule has 0 spiro atoms. The lowest BCUT2D eigenvalue weighted by molar-refractivity contribution is -0.384. The van der Waals surface area contributed by atoms with Crippen LogP contribution in [0.5, 0.6) is 0 Å². The fourth-order valence-corrected chi connectivity index (χ4v) is 2.56. The van der Waals surface area contributed by atoms with E-state index in [-0.39, 0.29) is 47.0 Å². The van der Waals surface area contributed by atoms with Gasteiger partial charge in [-0.05, 0) is 16.4 Å². The molecule has 136 valence electrons. The van der Waals surface area contributed by atoms with Crippen LogP contribution in [0.25, 0.3) is 11.0 Å². The Hall–Kier alpha value is -3.54. The number of carbonyl (C=O) groups is 2. The largest absolute Gasteiger partial charge is 0.466 e. The molecule has 0 fully saturated rings. The van der Waals surface area contributed by atoms with Crippen LogP contribution in [-0.4, -0.2) is 54.7 Å². The maximum absolute atomic E-state index is 12.3. The van der Waals surface area contributed by atoms with Gasteiger partial charge in [-0.2, -0.15) is 0 Å². The molecule has 12 nitrogen and oxygen atoms in total. The summed E-state index contributed by atoms with van der Waals surface area (Å²) in [5.41, 5.74) is -0.646. The third-order valence-electron chi connectivity index (χ3n) is 3.68. The number of hydrogen-bond acceptors (Lipinski definition) is 11. The van der Waals surface area contributed by atoms with E-state index in [1.807, 2.05) is 0 Å². The molecule has 0 amide bonds. The van der Waals surface area contributed by atoms with Crippen LogP contribution in [0, 0.1) is 10.1 Å². The van der Waals surface area contributed by atoms with Gasteiger partial charge in [-0.1, -0.05) is 0 Å². The number of ether oxygens (including phenoxy) is 3. The number of fused-ring (bicyclic) bond motifs is 1. The van der Waals surface area contributed by atoms with Gasteiger partial charge in [0, 0.05) is 6.07 Å². The van der Waals surface area contributed by atoms with Crippen molar-refractivity contribution in [1.29, 1.82) is 0 Å². The highest BCUT2D eigenvalue weighted by Gasteiger charge is 2.37. The second-order valence-corrected chi connectivity index (χ2v) is 5.04. The van der Waals surface area contributed by atoms with E-state index in [0.717, 1.165) is 19.1 Å². The van der Waals surface area contributed by atoms with Gasteiger partial charge in [-0.3, -0.25) is 10.1 Å². The Morgan fingerprint density at radius 3 is 2.62 bits per heavy atom. The van der Waals surface area contributed by atoms with Crippen LogP contribution in [-0.2, 0) is 23.8 Å². The van der Waals surface area contributed by atoms with E-state index in [2.05, 4.69) is 19.7 Å². The van der Waals surface area contributed by atoms with Gasteiger partial charge in [0.2, 0.25) is 0 Å². The molecule has 0 aliphatic carbocycles. The van der Waals surface area contributed by atoms with Crippen LogP contribution in [0.2, 0.25) is 0 Å². The number of nitro groups is 1. The summed E-state index contributed by atoms with van der Waals surface area (Å²) < 4.78 is 19.3. The highest BCUT2D eigenvalue weighted by Crippen LogP contribution is 2.38. The van der Waals surface area contributed by atoms with Gasteiger partial charge in [0.15, 0.2) is 11.2 Å². The van der Waals surface area contributed by atoms with Crippen LogP contribution in [0.3, 0.4) is 0 Å². The predicted octanol–water partition coefficient (Wildman–Crippen LogP) is 0.525. The standard InChI is InChI=1S/C14H12N4O8/c1-23-13(19)7-5-25-6-17(11(7)14(20)24-2)12-9(18(21)22)4-3-8-10(12)16-26-15-8/h3-4H,5-6H2,1-2H3. The minimum atomic E-state index is -0.892. The summed E-state index contributed by atoms with van der Waals surface area (Å²) in [4.78, 5) is 36.3. The fraction of sp³-hybridized carbons (Fsp3) is 0.286. The van der Waals surface area contributed by atoms with E-state index < -0.39 is 16.9 Å². The first-order valence-electron chi connectivity index (χ1n) is 7.14. The van der Waals surface area contributed by atoms with Gasteiger partial charge in [-0.25, -0.2) is 14.2 Å². The molecule has 1 aromatic carbocycles. The zero-order chi connectivity index (χ0) is 18.8. The third-order valence-corrected chi connectivity index (χ3v) is 3.68. The maximum atomic E-state index is 12.3. The van der Waals surface area contributed by atoms with Crippen LogP contribution in [0.4, 0.5) is 11.4 Å². The number of esters is 2. The second-order valence-electron chi connectivity index (χ2n) is 5.04. The molecular weight excluding hydrogens is 352 g/mol. The normalized spacial score (nSPS) is 14.5. The average Bonchev–Trinajstić information content (AvgIpc) is 3.13. The van der Waals surface area contributed by atoms with E-state index in [4.69, 9.17) is 9.47 Å². The lowest BCUT2D eigenvalue weighted by Gasteiger charge is -2.30. The molecule has 1 aliphatic heterocycles. The Balaban J connectivity index is 2.30. The van der Waals surface area contributed by atoms with Crippen molar-refractivity contribution in [2.24, 2.45) is 0 Å². The Morgan fingerprint density at radius 2 is 1.96 bits per heavy atom. The Morgan fingerprint density at radius 1 is 1.23 bits per heavy atom. The number of anilines is 1. The molecule has 0 saturated carbocycles.